The van der Waals surface area contributed by atoms with E-state index in [2.05, 4.69) is 4.84 Å². The second kappa shape index (κ2) is 3.64. The summed E-state index contributed by atoms with van der Waals surface area (Å²) in [7, 11) is 0. The predicted molar refractivity (Wildman–Crippen MR) is 46.4 cm³/mol. The van der Waals surface area contributed by atoms with Crippen LogP contribution in [0.5, 0.6) is 11.5 Å². The maximum atomic E-state index is 5.39. The normalized spacial score (nSPS) is 14.2. The van der Waals surface area contributed by atoms with Crippen LogP contribution in [0.15, 0.2) is 18.2 Å². The van der Waals surface area contributed by atoms with Crippen molar-refractivity contribution in [3.8, 4) is 11.5 Å². The molecule has 0 spiro atoms. The van der Waals surface area contributed by atoms with Gasteiger partial charge in [-0.25, -0.2) is 5.90 Å². The van der Waals surface area contributed by atoms with Crippen LogP contribution in [0, 0.1) is 0 Å². The minimum absolute atomic E-state index is 0.386. The monoisotopic (exact) mass is 181 g/mol. The van der Waals surface area contributed by atoms with Crippen LogP contribution in [0.4, 0.5) is 0 Å². The zero-order valence-corrected chi connectivity index (χ0v) is 7.16. The van der Waals surface area contributed by atoms with Gasteiger partial charge in [-0.1, -0.05) is 6.07 Å². The Labute approximate surface area is 76.2 Å². The van der Waals surface area contributed by atoms with Gasteiger partial charge in [-0.15, -0.1) is 0 Å². The summed E-state index contributed by atoms with van der Waals surface area (Å²) in [6.45, 7) is 1.59. The van der Waals surface area contributed by atoms with Crippen molar-refractivity contribution in [2.75, 3.05) is 13.2 Å². The first kappa shape index (κ1) is 8.34. The zero-order valence-electron chi connectivity index (χ0n) is 7.16. The van der Waals surface area contributed by atoms with Gasteiger partial charge in [0.1, 0.15) is 13.2 Å². The topological polar surface area (TPSA) is 53.7 Å². The molecule has 2 N–H and O–H groups in total. The van der Waals surface area contributed by atoms with Crippen molar-refractivity contribution in [3.05, 3.63) is 23.8 Å². The van der Waals surface area contributed by atoms with Crippen molar-refractivity contribution < 1.29 is 14.3 Å². The van der Waals surface area contributed by atoms with Crippen molar-refractivity contribution in [3.63, 3.8) is 0 Å². The Morgan fingerprint density at radius 2 is 2.00 bits per heavy atom. The summed E-state index contributed by atoms with van der Waals surface area (Å²) in [5.41, 5.74) is 0.978. The molecule has 2 rings (SSSR count). The molecular formula is C9H11NO3. The van der Waals surface area contributed by atoms with Crippen molar-refractivity contribution >= 4 is 0 Å². The highest BCUT2D eigenvalue weighted by Crippen LogP contribution is 2.30. The van der Waals surface area contributed by atoms with Gasteiger partial charge in [-0.3, -0.25) is 4.84 Å². The van der Waals surface area contributed by atoms with Crippen LogP contribution in [0.2, 0.25) is 0 Å². The van der Waals surface area contributed by atoms with Crippen LogP contribution in [-0.4, -0.2) is 13.2 Å². The van der Waals surface area contributed by atoms with Crippen LogP contribution in [0.3, 0.4) is 0 Å². The van der Waals surface area contributed by atoms with Gasteiger partial charge >= 0.3 is 0 Å². The lowest BCUT2D eigenvalue weighted by Crippen LogP contribution is -2.15. The van der Waals surface area contributed by atoms with E-state index in [1.165, 1.54) is 0 Å². The van der Waals surface area contributed by atoms with E-state index >= 15 is 0 Å². The van der Waals surface area contributed by atoms with Gasteiger partial charge in [0.2, 0.25) is 0 Å². The molecule has 0 atom stereocenters. The summed E-state index contributed by atoms with van der Waals surface area (Å²) >= 11 is 0. The molecule has 4 nitrogen and oxygen atoms in total. The average molecular weight is 181 g/mol. The molecule has 0 amide bonds. The van der Waals surface area contributed by atoms with Gasteiger partial charge < -0.3 is 9.47 Å². The second-order valence-electron chi connectivity index (χ2n) is 2.79. The van der Waals surface area contributed by atoms with Crippen LogP contribution >= 0.6 is 0 Å². The van der Waals surface area contributed by atoms with Gasteiger partial charge in [-0.2, -0.15) is 0 Å². The van der Waals surface area contributed by atoms with E-state index in [4.69, 9.17) is 15.4 Å². The minimum Gasteiger partial charge on any atom is -0.486 e. The highest BCUT2D eigenvalue weighted by molar-refractivity contribution is 5.43. The SMILES string of the molecule is NOCc1ccc2c(c1)OCCO2. The maximum absolute atomic E-state index is 5.39. The molecule has 1 heterocycles. The molecule has 0 saturated heterocycles. The molecule has 1 aromatic rings. The molecule has 0 unspecified atom stereocenters. The Morgan fingerprint density at radius 1 is 1.23 bits per heavy atom. The van der Waals surface area contributed by atoms with Crippen LogP contribution < -0.4 is 15.4 Å². The molecule has 0 fully saturated rings. The van der Waals surface area contributed by atoms with Crippen LogP contribution in [0.1, 0.15) is 5.56 Å². The van der Waals surface area contributed by atoms with Crippen LogP contribution in [0.25, 0.3) is 0 Å². The quantitative estimate of drug-likeness (QED) is 0.687. The van der Waals surface area contributed by atoms with E-state index in [0.29, 0.717) is 19.8 Å². The first-order valence-electron chi connectivity index (χ1n) is 4.10. The Balaban J connectivity index is 2.24. The largest absolute Gasteiger partial charge is 0.486 e. The summed E-state index contributed by atoms with van der Waals surface area (Å²) in [4.78, 5) is 4.52. The molecular weight excluding hydrogens is 170 g/mol. The Kier molecular flexibility index (Phi) is 2.33. The Hall–Kier alpha value is -1.26. The molecule has 1 aliphatic rings. The third-order valence-electron chi connectivity index (χ3n) is 1.86. The third-order valence-corrected chi connectivity index (χ3v) is 1.86. The lowest BCUT2D eigenvalue weighted by molar-refractivity contribution is 0.123. The molecule has 1 aromatic carbocycles. The lowest BCUT2D eigenvalue weighted by Gasteiger charge is -2.18. The number of rotatable bonds is 2. The summed E-state index contributed by atoms with van der Waals surface area (Å²) in [6.07, 6.45) is 0. The first-order chi connectivity index (χ1) is 6.40. The van der Waals surface area contributed by atoms with E-state index in [9.17, 15) is 0 Å². The standard InChI is InChI=1S/C9H11NO3/c10-13-6-7-1-2-8-9(5-7)12-4-3-11-8/h1-2,5H,3-4,6,10H2. The van der Waals surface area contributed by atoms with E-state index in [0.717, 1.165) is 17.1 Å². The summed E-state index contributed by atoms with van der Waals surface area (Å²) in [5, 5.41) is 0. The van der Waals surface area contributed by atoms with E-state index in [1.54, 1.807) is 0 Å². The number of benzene rings is 1. The fourth-order valence-electron chi connectivity index (χ4n) is 1.27. The van der Waals surface area contributed by atoms with E-state index < -0.39 is 0 Å². The highest BCUT2D eigenvalue weighted by Gasteiger charge is 2.11. The Bertz CT molecular complexity index is 301. The molecule has 0 radical (unpaired) electrons. The number of hydrogen-bond acceptors (Lipinski definition) is 4. The molecule has 1 aliphatic heterocycles. The van der Waals surface area contributed by atoms with E-state index in [-0.39, 0.29) is 0 Å². The minimum atomic E-state index is 0.386. The molecule has 70 valence electrons. The fourth-order valence-corrected chi connectivity index (χ4v) is 1.27. The molecule has 0 aliphatic carbocycles. The molecule has 4 heteroatoms. The lowest BCUT2D eigenvalue weighted by atomic mass is 10.2. The smallest absolute Gasteiger partial charge is 0.161 e. The van der Waals surface area contributed by atoms with E-state index in [1.807, 2.05) is 18.2 Å². The van der Waals surface area contributed by atoms with Gasteiger partial charge in [-0.05, 0) is 17.7 Å². The molecule has 13 heavy (non-hydrogen) atoms. The predicted octanol–water partition coefficient (Wildman–Crippen LogP) is 0.848. The zero-order chi connectivity index (χ0) is 9.10. The van der Waals surface area contributed by atoms with Crippen molar-refractivity contribution in [2.45, 2.75) is 6.61 Å². The number of ether oxygens (including phenoxy) is 2. The summed E-state index contributed by atoms with van der Waals surface area (Å²) in [6, 6.07) is 5.64. The highest BCUT2D eigenvalue weighted by atomic mass is 16.6. The Morgan fingerprint density at radius 3 is 2.77 bits per heavy atom. The first-order valence-corrected chi connectivity index (χ1v) is 4.10. The van der Waals surface area contributed by atoms with Crippen LogP contribution in [-0.2, 0) is 11.4 Å². The second-order valence-corrected chi connectivity index (χ2v) is 2.79. The van der Waals surface area contributed by atoms with Gasteiger partial charge in [0, 0.05) is 0 Å². The van der Waals surface area contributed by atoms with Gasteiger partial charge in [0.15, 0.2) is 11.5 Å². The van der Waals surface area contributed by atoms with Gasteiger partial charge in [0.25, 0.3) is 0 Å². The molecule has 0 bridgehead atoms. The maximum Gasteiger partial charge on any atom is 0.161 e. The summed E-state index contributed by atoms with van der Waals surface area (Å²) in [5.74, 6) is 6.51. The van der Waals surface area contributed by atoms with Crippen molar-refractivity contribution in [2.24, 2.45) is 5.90 Å². The van der Waals surface area contributed by atoms with Crippen molar-refractivity contribution in [1.29, 1.82) is 0 Å². The summed E-state index contributed by atoms with van der Waals surface area (Å²) < 4.78 is 10.7. The average Bonchev–Trinajstić information content (AvgIpc) is 2.18. The number of nitrogens with two attached hydrogens (primary N) is 1. The number of hydrogen-bond donors (Lipinski definition) is 1. The third kappa shape index (κ3) is 1.74. The molecule has 0 aromatic heterocycles. The van der Waals surface area contributed by atoms with Gasteiger partial charge in [0.05, 0.1) is 6.61 Å². The fraction of sp³-hybridized carbons (Fsp3) is 0.333. The number of fused-ring (bicyclic) bond motifs is 1. The molecule has 0 saturated carbocycles. The van der Waals surface area contributed by atoms with Crippen molar-refractivity contribution in [1.82, 2.24) is 0 Å².